The van der Waals surface area contributed by atoms with E-state index >= 15 is 0 Å². The average molecular weight is 336 g/mol. The van der Waals surface area contributed by atoms with E-state index in [0.717, 1.165) is 35.3 Å². The molecule has 0 fully saturated rings. The minimum atomic E-state index is -0.584. The SMILES string of the molecule is CCC(C)c1ccccc1NC(=O)C(=O)N1c2ccccc2CC1C. The quantitative estimate of drug-likeness (QED) is 0.857. The minimum Gasteiger partial charge on any atom is -0.318 e. The van der Waals surface area contributed by atoms with Crippen LogP contribution in [0.1, 0.15) is 44.2 Å². The molecule has 130 valence electrons. The molecule has 25 heavy (non-hydrogen) atoms. The number of carbonyl (C=O) groups excluding carboxylic acids is 2. The van der Waals surface area contributed by atoms with Crippen molar-refractivity contribution >= 4 is 23.2 Å². The molecular weight excluding hydrogens is 312 g/mol. The second kappa shape index (κ2) is 7.09. The van der Waals surface area contributed by atoms with Gasteiger partial charge in [0.2, 0.25) is 0 Å². The maximum Gasteiger partial charge on any atom is 0.316 e. The van der Waals surface area contributed by atoms with Crippen LogP contribution in [-0.4, -0.2) is 17.9 Å². The van der Waals surface area contributed by atoms with Crippen LogP contribution in [0, 0.1) is 0 Å². The zero-order valence-electron chi connectivity index (χ0n) is 15.0. The first-order valence-corrected chi connectivity index (χ1v) is 8.84. The summed E-state index contributed by atoms with van der Waals surface area (Å²) >= 11 is 0. The fourth-order valence-corrected chi connectivity index (χ4v) is 3.42. The molecule has 0 saturated heterocycles. The summed E-state index contributed by atoms with van der Waals surface area (Å²) < 4.78 is 0. The number of carbonyl (C=O) groups is 2. The summed E-state index contributed by atoms with van der Waals surface area (Å²) in [7, 11) is 0. The normalized spacial score (nSPS) is 17.1. The fourth-order valence-electron chi connectivity index (χ4n) is 3.42. The zero-order valence-corrected chi connectivity index (χ0v) is 15.0. The predicted molar refractivity (Wildman–Crippen MR) is 101 cm³/mol. The van der Waals surface area contributed by atoms with Gasteiger partial charge >= 0.3 is 11.8 Å². The topological polar surface area (TPSA) is 49.4 Å². The fraction of sp³-hybridized carbons (Fsp3) is 0.333. The van der Waals surface area contributed by atoms with Gasteiger partial charge in [-0.25, -0.2) is 0 Å². The summed E-state index contributed by atoms with van der Waals surface area (Å²) in [6, 6.07) is 15.4. The third-order valence-electron chi connectivity index (χ3n) is 4.97. The molecule has 1 aliphatic heterocycles. The second-order valence-electron chi connectivity index (χ2n) is 6.71. The molecule has 4 nitrogen and oxygen atoms in total. The molecule has 1 N–H and O–H groups in total. The summed E-state index contributed by atoms with van der Waals surface area (Å²) in [6.07, 6.45) is 1.75. The molecule has 2 amide bonds. The average Bonchev–Trinajstić information content (AvgIpc) is 2.96. The molecule has 2 aromatic carbocycles. The van der Waals surface area contributed by atoms with E-state index < -0.39 is 11.8 Å². The molecule has 0 aliphatic carbocycles. The van der Waals surface area contributed by atoms with Crippen molar-refractivity contribution in [1.29, 1.82) is 0 Å². The Morgan fingerprint density at radius 3 is 2.60 bits per heavy atom. The second-order valence-corrected chi connectivity index (χ2v) is 6.71. The standard InChI is InChI=1S/C21H24N2O2/c1-4-14(2)17-10-6-7-11-18(17)22-20(24)21(25)23-15(3)13-16-9-5-8-12-19(16)23/h5-12,14-15H,4,13H2,1-3H3,(H,22,24). The van der Waals surface area contributed by atoms with Crippen LogP contribution in [-0.2, 0) is 16.0 Å². The highest BCUT2D eigenvalue weighted by molar-refractivity contribution is 6.44. The van der Waals surface area contributed by atoms with Crippen LogP contribution in [0.4, 0.5) is 11.4 Å². The number of anilines is 2. The lowest BCUT2D eigenvalue weighted by Crippen LogP contribution is -2.43. The molecule has 2 aromatic rings. The van der Waals surface area contributed by atoms with Gasteiger partial charge in [0.05, 0.1) is 0 Å². The van der Waals surface area contributed by atoms with Crippen molar-refractivity contribution in [3.8, 4) is 0 Å². The summed E-state index contributed by atoms with van der Waals surface area (Å²) in [6.45, 7) is 6.20. The van der Waals surface area contributed by atoms with Crippen LogP contribution < -0.4 is 10.2 Å². The summed E-state index contributed by atoms with van der Waals surface area (Å²) in [5.74, 6) is -0.770. The third-order valence-corrected chi connectivity index (χ3v) is 4.97. The first-order chi connectivity index (χ1) is 12.0. The van der Waals surface area contributed by atoms with Gasteiger partial charge in [-0.2, -0.15) is 0 Å². The Hall–Kier alpha value is -2.62. The van der Waals surface area contributed by atoms with Gasteiger partial charge in [0.1, 0.15) is 0 Å². The van der Waals surface area contributed by atoms with Crippen LogP contribution in [0.15, 0.2) is 48.5 Å². The lowest BCUT2D eigenvalue weighted by molar-refractivity contribution is -0.134. The zero-order chi connectivity index (χ0) is 18.0. The molecule has 2 atom stereocenters. The van der Waals surface area contributed by atoms with Crippen molar-refractivity contribution in [1.82, 2.24) is 0 Å². The van der Waals surface area contributed by atoms with E-state index in [1.54, 1.807) is 4.90 Å². The van der Waals surface area contributed by atoms with E-state index in [0.29, 0.717) is 5.92 Å². The number of nitrogens with one attached hydrogen (secondary N) is 1. The maximum absolute atomic E-state index is 12.8. The highest BCUT2D eigenvalue weighted by atomic mass is 16.2. The number of hydrogen-bond acceptors (Lipinski definition) is 2. The van der Waals surface area contributed by atoms with Gasteiger partial charge in [0, 0.05) is 17.4 Å². The van der Waals surface area contributed by atoms with Gasteiger partial charge < -0.3 is 10.2 Å². The van der Waals surface area contributed by atoms with Gasteiger partial charge in [-0.05, 0) is 48.9 Å². The monoisotopic (exact) mass is 336 g/mol. The van der Waals surface area contributed by atoms with Crippen molar-refractivity contribution in [2.24, 2.45) is 0 Å². The molecule has 0 aromatic heterocycles. The number of benzene rings is 2. The molecule has 3 rings (SSSR count). The first kappa shape index (κ1) is 17.2. The summed E-state index contributed by atoms with van der Waals surface area (Å²) in [4.78, 5) is 27.0. The van der Waals surface area contributed by atoms with E-state index in [9.17, 15) is 9.59 Å². The highest BCUT2D eigenvalue weighted by Crippen LogP contribution is 2.32. The Bertz CT molecular complexity index is 800. The number of rotatable bonds is 3. The Kier molecular flexibility index (Phi) is 4.88. The number of fused-ring (bicyclic) bond motifs is 1. The van der Waals surface area contributed by atoms with E-state index in [1.807, 2.05) is 55.5 Å². The molecule has 0 spiro atoms. The van der Waals surface area contributed by atoms with E-state index in [4.69, 9.17) is 0 Å². The van der Waals surface area contributed by atoms with Gasteiger partial charge in [-0.1, -0.05) is 50.2 Å². The number of hydrogen-bond donors (Lipinski definition) is 1. The maximum atomic E-state index is 12.8. The van der Waals surface area contributed by atoms with Crippen LogP contribution in [0.2, 0.25) is 0 Å². The Morgan fingerprint density at radius 1 is 1.16 bits per heavy atom. The summed E-state index contributed by atoms with van der Waals surface area (Å²) in [5, 5.41) is 2.82. The predicted octanol–water partition coefficient (Wildman–Crippen LogP) is 4.12. The Morgan fingerprint density at radius 2 is 1.84 bits per heavy atom. The van der Waals surface area contributed by atoms with Gasteiger partial charge in [-0.3, -0.25) is 9.59 Å². The molecule has 0 saturated carbocycles. The molecule has 1 aliphatic rings. The lowest BCUT2D eigenvalue weighted by Gasteiger charge is -2.22. The number of para-hydroxylation sites is 2. The highest BCUT2D eigenvalue weighted by Gasteiger charge is 2.34. The number of amides is 2. The van der Waals surface area contributed by atoms with Crippen molar-refractivity contribution < 1.29 is 9.59 Å². The molecular formula is C21H24N2O2. The van der Waals surface area contributed by atoms with Crippen molar-refractivity contribution in [2.75, 3.05) is 10.2 Å². The van der Waals surface area contributed by atoms with Crippen LogP contribution in [0.3, 0.4) is 0 Å². The number of nitrogens with zero attached hydrogens (tertiary/aromatic N) is 1. The third kappa shape index (κ3) is 3.29. The van der Waals surface area contributed by atoms with Gasteiger partial charge in [0.25, 0.3) is 0 Å². The largest absolute Gasteiger partial charge is 0.318 e. The first-order valence-electron chi connectivity index (χ1n) is 8.84. The van der Waals surface area contributed by atoms with E-state index in [2.05, 4.69) is 19.2 Å². The van der Waals surface area contributed by atoms with E-state index in [1.165, 1.54) is 0 Å². The van der Waals surface area contributed by atoms with Crippen LogP contribution >= 0.6 is 0 Å². The lowest BCUT2D eigenvalue weighted by atomic mass is 9.97. The minimum absolute atomic E-state index is 0.0135. The van der Waals surface area contributed by atoms with E-state index in [-0.39, 0.29) is 6.04 Å². The molecule has 4 heteroatoms. The smallest absolute Gasteiger partial charge is 0.316 e. The molecule has 0 bridgehead atoms. The molecule has 0 radical (unpaired) electrons. The Balaban J connectivity index is 1.82. The van der Waals surface area contributed by atoms with Gasteiger partial charge in [0.15, 0.2) is 0 Å². The van der Waals surface area contributed by atoms with Crippen molar-refractivity contribution in [2.45, 2.75) is 45.6 Å². The van der Waals surface area contributed by atoms with Crippen molar-refractivity contribution in [3.63, 3.8) is 0 Å². The molecule has 1 heterocycles. The van der Waals surface area contributed by atoms with Crippen molar-refractivity contribution in [3.05, 3.63) is 59.7 Å². The summed E-state index contributed by atoms with van der Waals surface area (Å²) in [5.41, 5.74) is 3.72. The van der Waals surface area contributed by atoms with Crippen LogP contribution in [0.25, 0.3) is 0 Å². The Labute approximate surface area is 148 Å². The van der Waals surface area contributed by atoms with Gasteiger partial charge in [-0.15, -0.1) is 0 Å². The molecule has 2 unspecified atom stereocenters. The van der Waals surface area contributed by atoms with Crippen LogP contribution in [0.5, 0.6) is 0 Å².